The van der Waals surface area contributed by atoms with E-state index in [4.69, 9.17) is 26.8 Å². The largest absolute Gasteiger partial charge is 0.455 e. The van der Waals surface area contributed by atoms with Gasteiger partial charge < -0.3 is 15.2 Å². The Morgan fingerprint density at radius 2 is 1.96 bits per heavy atom. The second-order valence-electron chi connectivity index (χ2n) is 5.88. The van der Waals surface area contributed by atoms with E-state index < -0.39 is 23.7 Å². The van der Waals surface area contributed by atoms with Crippen LogP contribution in [0.2, 0.25) is 5.15 Å². The van der Waals surface area contributed by atoms with Gasteiger partial charge in [0, 0.05) is 15.6 Å². The van der Waals surface area contributed by atoms with E-state index in [1.807, 2.05) is 0 Å². The number of hydrogen-bond acceptors (Lipinski definition) is 5. The van der Waals surface area contributed by atoms with Crippen molar-refractivity contribution in [1.82, 2.24) is 4.98 Å². The summed E-state index contributed by atoms with van der Waals surface area (Å²) in [6.07, 6.45) is -5.52. The van der Waals surface area contributed by atoms with E-state index in [0.29, 0.717) is 27.1 Å². The van der Waals surface area contributed by atoms with Crippen molar-refractivity contribution in [3.05, 3.63) is 51.2 Å². The van der Waals surface area contributed by atoms with E-state index >= 15 is 0 Å². The van der Waals surface area contributed by atoms with Crippen molar-refractivity contribution in [3.63, 3.8) is 0 Å². The number of aromatic nitrogens is 1. The van der Waals surface area contributed by atoms with Gasteiger partial charge in [-0.2, -0.15) is 13.2 Å². The highest BCUT2D eigenvalue weighted by Crippen LogP contribution is 2.51. The number of rotatable bonds is 0. The summed E-state index contributed by atoms with van der Waals surface area (Å²) in [5.74, 6) is 0.0979. The molecule has 2 aromatic rings. The average molecular weight is 449 g/mol. The Morgan fingerprint density at radius 1 is 1.23 bits per heavy atom. The normalized spacial score (nSPS) is 24.5. The van der Waals surface area contributed by atoms with Crippen LogP contribution in [-0.2, 0) is 10.3 Å². The molecule has 4 rings (SSSR count). The third kappa shape index (κ3) is 2.65. The molecule has 10 heteroatoms. The SMILES string of the molecule is NC1=N[C@@]2(CO[C@@H]1C(F)(F)F)c1cc(Br)ccc1Oc1cnc(Cl)cc12. The summed E-state index contributed by atoms with van der Waals surface area (Å²) in [4.78, 5) is 8.21. The molecule has 2 atom stereocenters. The maximum absolute atomic E-state index is 13.1. The van der Waals surface area contributed by atoms with Gasteiger partial charge in [0.25, 0.3) is 0 Å². The molecule has 0 saturated heterocycles. The maximum Gasteiger partial charge on any atom is 0.421 e. The number of amidine groups is 1. The second kappa shape index (κ2) is 5.83. The topological polar surface area (TPSA) is 69.7 Å². The van der Waals surface area contributed by atoms with Crippen molar-refractivity contribution in [2.75, 3.05) is 6.61 Å². The number of benzene rings is 1. The van der Waals surface area contributed by atoms with Crippen LogP contribution in [-0.4, -0.2) is 29.7 Å². The van der Waals surface area contributed by atoms with E-state index in [0.717, 1.165) is 0 Å². The van der Waals surface area contributed by atoms with E-state index in [2.05, 4.69) is 25.9 Å². The van der Waals surface area contributed by atoms with Crippen LogP contribution in [0, 0.1) is 0 Å². The van der Waals surface area contributed by atoms with E-state index in [9.17, 15) is 13.2 Å². The van der Waals surface area contributed by atoms with Crippen molar-refractivity contribution < 1.29 is 22.6 Å². The molecule has 0 aliphatic carbocycles. The molecule has 3 heterocycles. The monoisotopic (exact) mass is 447 g/mol. The molecule has 0 saturated carbocycles. The van der Waals surface area contributed by atoms with Gasteiger partial charge >= 0.3 is 6.18 Å². The van der Waals surface area contributed by atoms with Crippen molar-refractivity contribution >= 4 is 33.4 Å². The predicted octanol–water partition coefficient (Wildman–Crippen LogP) is 4.17. The van der Waals surface area contributed by atoms with Gasteiger partial charge in [-0.15, -0.1) is 0 Å². The molecule has 136 valence electrons. The molecule has 26 heavy (non-hydrogen) atoms. The number of nitrogens with two attached hydrogens (primary N) is 1. The fourth-order valence-corrected chi connectivity index (χ4v) is 3.66. The molecule has 2 aliphatic heterocycles. The Morgan fingerprint density at radius 3 is 2.65 bits per heavy atom. The molecular weight excluding hydrogens is 439 g/mol. The van der Waals surface area contributed by atoms with Gasteiger partial charge in [-0.3, -0.25) is 4.99 Å². The van der Waals surface area contributed by atoms with E-state index in [1.54, 1.807) is 18.2 Å². The third-order valence-electron chi connectivity index (χ3n) is 4.23. The first-order chi connectivity index (χ1) is 12.2. The summed E-state index contributed by atoms with van der Waals surface area (Å²) in [5.41, 5.74) is 5.31. The van der Waals surface area contributed by atoms with Crippen molar-refractivity contribution in [2.24, 2.45) is 10.7 Å². The van der Waals surface area contributed by atoms with Crippen LogP contribution in [0.15, 0.2) is 39.9 Å². The Kier molecular flexibility index (Phi) is 3.94. The van der Waals surface area contributed by atoms with Gasteiger partial charge in [-0.05, 0) is 24.3 Å². The minimum atomic E-state index is -4.65. The first kappa shape index (κ1) is 17.6. The number of pyridine rings is 1. The van der Waals surface area contributed by atoms with Gasteiger partial charge in [-0.25, -0.2) is 4.98 Å². The Bertz CT molecular complexity index is 884. The van der Waals surface area contributed by atoms with Crippen LogP contribution in [0.3, 0.4) is 0 Å². The van der Waals surface area contributed by atoms with Crippen LogP contribution in [0.5, 0.6) is 11.5 Å². The van der Waals surface area contributed by atoms with Crippen LogP contribution in [0.4, 0.5) is 13.2 Å². The summed E-state index contributed by atoms with van der Waals surface area (Å²) in [6.45, 7) is -0.377. The second-order valence-corrected chi connectivity index (χ2v) is 7.18. The zero-order chi connectivity index (χ0) is 18.7. The lowest BCUT2D eigenvalue weighted by Crippen LogP contribution is -2.52. The van der Waals surface area contributed by atoms with E-state index in [-0.39, 0.29) is 11.8 Å². The molecule has 0 fully saturated rings. The fourth-order valence-electron chi connectivity index (χ4n) is 3.14. The standard InChI is InChI=1S/C16H10BrClF3N3O2/c17-7-1-2-10-8(3-7)15(9-4-12(18)23-5-11(9)26-10)6-25-13(14(22)24-15)16(19,20)21/h1-5,13H,6H2,(H2,22,24)/t13-,15-/m0/s1. The van der Waals surface area contributed by atoms with E-state index in [1.165, 1.54) is 12.3 Å². The number of ether oxygens (including phenoxy) is 2. The lowest BCUT2D eigenvalue weighted by Gasteiger charge is -2.41. The quantitative estimate of drug-likeness (QED) is 0.614. The van der Waals surface area contributed by atoms with Gasteiger partial charge in [0.2, 0.25) is 6.10 Å². The smallest absolute Gasteiger partial charge is 0.421 e. The summed E-state index contributed by atoms with van der Waals surface area (Å²) >= 11 is 9.36. The molecule has 2 N–H and O–H groups in total. The minimum absolute atomic E-state index is 0.150. The van der Waals surface area contributed by atoms with Crippen LogP contribution >= 0.6 is 27.5 Å². The number of hydrogen-bond donors (Lipinski definition) is 1. The maximum atomic E-state index is 13.1. The molecule has 1 aromatic heterocycles. The van der Waals surface area contributed by atoms with Gasteiger partial charge in [0.15, 0.2) is 5.75 Å². The van der Waals surface area contributed by atoms with Crippen LogP contribution in [0.25, 0.3) is 0 Å². The van der Waals surface area contributed by atoms with Crippen molar-refractivity contribution in [3.8, 4) is 11.5 Å². The Hall–Kier alpha value is -1.84. The van der Waals surface area contributed by atoms with Crippen LogP contribution in [0.1, 0.15) is 11.1 Å². The Balaban J connectivity index is 1.98. The molecule has 0 bridgehead atoms. The zero-order valence-corrected chi connectivity index (χ0v) is 15.2. The molecule has 1 spiro atoms. The van der Waals surface area contributed by atoms with Gasteiger partial charge in [0.1, 0.15) is 22.3 Å². The summed E-state index contributed by atoms with van der Waals surface area (Å²) in [7, 11) is 0. The summed E-state index contributed by atoms with van der Waals surface area (Å²) in [5, 5.41) is 0.150. The first-order valence-corrected chi connectivity index (χ1v) is 8.55. The number of fused-ring (bicyclic) bond motifs is 4. The number of aliphatic imine (C=N–C) groups is 1. The molecule has 0 amide bonds. The van der Waals surface area contributed by atoms with Crippen molar-refractivity contribution in [1.29, 1.82) is 0 Å². The van der Waals surface area contributed by atoms with Gasteiger partial charge in [-0.1, -0.05) is 27.5 Å². The number of halogens is 5. The fraction of sp³-hybridized carbons (Fsp3) is 0.250. The summed E-state index contributed by atoms with van der Waals surface area (Å²) < 4.78 is 51.0. The lowest BCUT2D eigenvalue weighted by atomic mass is 9.81. The highest BCUT2D eigenvalue weighted by Gasteiger charge is 2.52. The number of nitrogens with zero attached hydrogens (tertiary/aromatic N) is 2. The average Bonchev–Trinajstić information content (AvgIpc) is 2.56. The summed E-state index contributed by atoms with van der Waals surface area (Å²) in [6, 6.07) is 6.63. The molecule has 1 aromatic carbocycles. The molecule has 5 nitrogen and oxygen atoms in total. The zero-order valence-electron chi connectivity index (χ0n) is 12.8. The first-order valence-electron chi connectivity index (χ1n) is 7.38. The van der Waals surface area contributed by atoms with Crippen molar-refractivity contribution in [2.45, 2.75) is 17.8 Å². The molecule has 0 radical (unpaired) electrons. The predicted molar refractivity (Wildman–Crippen MR) is 91.7 cm³/mol. The number of alkyl halides is 3. The molecule has 0 unspecified atom stereocenters. The van der Waals surface area contributed by atoms with Crippen LogP contribution < -0.4 is 10.5 Å². The highest BCUT2D eigenvalue weighted by atomic mass is 79.9. The minimum Gasteiger partial charge on any atom is -0.455 e. The third-order valence-corrected chi connectivity index (χ3v) is 4.93. The lowest BCUT2D eigenvalue weighted by molar-refractivity contribution is -0.203. The molecule has 2 aliphatic rings. The highest BCUT2D eigenvalue weighted by molar-refractivity contribution is 9.10. The molecular formula is C16H10BrClF3N3O2. The Labute approximate surface area is 159 Å². The van der Waals surface area contributed by atoms with Gasteiger partial charge in [0.05, 0.1) is 12.8 Å².